The summed E-state index contributed by atoms with van der Waals surface area (Å²) >= 11 is 0. The highest BCUT2D eigenvalue weighted by Gasteiger charge is 2.12. The average molecular weight is 277 g/mol. The second-order valence-corrected chi connectivity index (χ2v) is 5.01. The Morgan fingerprint density at radius 1 is 1.00 bits per heavy atom. The second-order valence-electron chi connectivity index (χ2n) is 5.01. The van der Waals surface area contributed by atoms with Crippen molar-refractivity contribution in [2.75, 3.05) is 0 Å². The number of aromatic nitrogens is 2. The summed E-state index contributed by atoms with van der Waals surface area (Å²) in [5.74, 6) is -0.623. The van der Waals surface area contributed by atoms with E-state index in [1.165, 1.54) is 0 Å². The van der Waals surface area contributed by atoms with Gasteiger partial charge in [0.15, 0.2) is 0 Å². The molecule has 0 saturated heterocycles. The molecule has 0 spiro atoms. The molecule has 0 radical (unpaired) electrons. The molecule has 2 N–H and O–H groups in total. The predicted molar refractivity (Wildman–Crippen MR) is 82.6 cm³/mol. The lowest BCUT2D eigenvalue weighted by Crippen LogP contribution is -2.18. The van der Waals surface area contributed by atoms with Crippen LogP contribution in [0.2, 0.25) is 0 Å². The van der Waals surface area contributed by atoms with E-state index in [-0.39, 0.29) is 11.8 Å². The first-order chi connectivity index (χ1) is 10.1. The molecule has 104 valence electrons. The molecule has 4 nitrogen and oxygen atoms in total. The van der Waals surface area contributed by atoms with Crippen molar-refractivity contribution in [3.05, 3.63) is 60.4 Å². The molecule has 3 rings (SSSR count). The van der Waals surface area contributed by atoms with Crippen molar-refractivity contribution in [3.63, 3.8) is 0 Å². The molecule has 1 amide bonds. The van der Waals surface area contributed by atoms with Crippen LogP contribution in [0.25, 0.3) is 22.2 Å². The van der Waals surface area contributed by atoms with Crippen LogP contribution in [0.1, 0.15) is 18.4 Å². The van der Waals surface area contributed by atoms with E-state index < -0.39 is 0 Å². The number of nitrogens with zero attached hydrogens (tertiary/aromatic N) is 2. The first kappa shape index (κ1) is 13.2. The first-order valence-electron chi connectivity index (χ1n) is 6.75. The van der Waals surface area contributed by atoms with E-state index in [4.69, 9.17) is 5.73 Å². The molecule has 1 unspecified atom stereocenters. The van der Waals surface area contributed by atoms with Crippen LogP contribution in [-0.2, 0) is 4.79 Å². The van der Waals surface area contributed by atoms with Crippen LogP contribution in [0.15, 0.2) is 54.9 Å². The zero-order valence-electron chi connectivity index (χ0n) is 11.7. The van der Waals surface area contributed by atoms with Gasteiger partial charge in [-0.3, -0.25) is 14.8 Å². The molecule has 4 heteroatoms. The predicted octanol–water partition coefficient (Wildman–Crippen LogP) is 2.89. The Hall–Kier alpha value is -2.75. The standard InChI is InChI=1S/C17H15N3O/c1-11(17(18)21)12-3-2-4-13(9-12)14-5-6-15-16(10-14)20-8-7-19-15/h2-11H,1H3,(H2,18,21). The maximum atomic E-state index is 11.3. The summed E-state index contributed by atoms with van der Waals surface area (Å²) < 4.78 is 0. The molecule has 0 bridgehead atoms. The molecule has 0 aliphatic heterocycles. The largest absolute Gasteiger partial charge is 0.369 e. The molecular weight excluding hydrogens is 262 g/mol. The number of hydrogen-bond donors (Lipinski definition) is 1. The number of amides is 1. The summed E-state index contributed by atoms with van der Waals surface area (Å²) in [7, 11) is 0. The van der Waals surface area contributed by atoms with Crippen molar-refractivity contribution in [2.24, 2.45) is 5.73 Å². The fourth-order valence-electron chi connectivity index (χ4n) is 2.29. The van der Waals surface area contributed by atoms with Crippen LogP contribution in [0, 0.1) is 0 Å². The highest BCUT2D eigenvalue weighted by molar-refractivity contribution is 5.83. The van der Waals surface area contributed by atoms with Gasteiger partial charge in [-0.1, -0.05) is 30.3 Å². The lowest BCUT2D eigenvalue weighted by atomic mass is 9.96. The van der Waals surface area contributed by atoms with Gasteiger partial charge in [-0.15, -0.1) is 0 Å². The van der Waals surface area contributed by atoms with Gasteiger partial charge in [-0.2, -0.15) is 0 Å². The smallest absolute Gasteiger partial charge is 0.224 e. The monoisotopic (exact) mass is 277 g/mol. The number of carbonyl (C=O) groups excluding carboxylic acids is 1. The topological polar surface area (TPSA) is 68.9 Å². The zero-order valence-corrected chi connectivity index (χ0v) is 11.7. The van der Waals surface area contributed by atoms with Gasteiger partial charge < -0.3 is 5.73 Å². The van der Waals surface area contributed by atoms with E-state index in [9.17, 15) is 4.79 Å². The number of primary amides is 1. The van der Waals surface area contributed by atoms with Crippen LogP contribution in [0.4, 0.5) is 0 Å². The van der Waals surface area contributed by atoms with Gasteiger partial charge in [-0.05, 0) is 35.7 Å². The Morgan fingerprint density at radius 2 is 1.71 bits per heavy atom. The summed E-state index contributed by atoms with van der Waals surface area (Å²) in [6.45, 7) is 1.81. The third kappa shape index (κ3) is 2.60. The molecule has 1 heterocycles. The van der Waals surface area contributed by atoms with E-state index >= 15 is 0 Å². The summed E-state index contributed by atoms with van der Waals surface area (Å²) in [5.41, 5.74) is 10.1. The average Bonchev–Trinajstić information content (AvgIpc) is 2.53. The van der Waals surface area contributed by atoms with Crippen LogP contribution in [-0.4, -0.2) is 15.9 Å². The Morgan fingerprint density at radius 3 is 2.48 bits per heavy atom. The molecule has 1 aromatic heterocycles. The van der Waals surface area contributed by atoms with Gasteiger partial charge in [0.2, 0.25) is 5.91 Å². The maximum absolute atomic E-state index is 11.3. The molecule has 21 heavy (non-hydrogen) atoms. The summed E-state index contributed by atoms with van der Waals surface area (Å²) in [5, 5.41) is 0. The Balaban J connectivity index is 2.06. The third-order valence-corrected chi connectivity index (χ3v) is 3.62. The second kappa shape index (κ2) is 5.32. The van der Waals surface area contributed by atoms with Gasteiger partial charge in [0.1, 0.15) is 0 Å². The number of fused-ring (bicyclic) bond motifs is 1. The van der Waals surface area contributed by atoms with E-state index in [1.54, 1.807) is 12.4 Å². The minimum absolute atomic E-state index is 0.301. The highest BCUT2D eigenvalue weighted by Crippen LogP contribution is 2.26. The normalized spacial score (nSPS) is 12.2. The summed E-state index contributed by atoms with van der Waals surface area (Å²) in [4.78, 5) is 19.9. The number of nitrogens with two attached hydrogens (primary N) is 1. The molecule has 0 aliphatic carbocycles. The quantitative estimate of drug-likeness (QED) is 0.800. The van der Waals surface area contributed by atoms with Crippen LogP contribution >= 0.6 is 0 Å². The first-order valence-corrected chi connectivity index (χ1v) is 6.75. The van der Waals surface area contributed by atoms with Crippen LogP contribution in [0.3, 0.4) is 0 Å². The fraction of sp³-hybridized carbons (Fsp3) is 0.118. The van der Waals surface area contributed by atoms with Gasteiger partial charge in [-0.25, -0.2) is 0 Å². The number of benzene rings is 2. The lowest BCUT2D eigenvalue weighted by molar-refractivity contribution is -0.119. The molecule has 3 aromatic rings. The zero-order chi connectivity index (χ0) is 14.8. The molecule has 0 saturated carbocycles. The Kier molecular flexibility index (Phi) is 3.36. The van der Waals surface area contributed by atoms with Crippen molar-refractivity contribution < 1.29 is 4.79 Å². The molecular formula is C17H15N3O. The molecule has 0 fully saturated rings. The van der Waals surface area contributed by atoms with E-state index in [0.717, 1.165) is 27.7 Å². The van der Waals surface area contributed by atoms with Crippen molar-refractivity contribution in [1.82, 2.24) is 9.97 Å². The molecule has 1 atom stereocenters. The lowest BCUT2D eigenvalue weighted by Gasteiger charge is -2.10. The van der Waals surface area contributed by atoms with Gasteiger partial charge in [0.25, 0.3) is 0 Å². The van der Waals surface area contributed by atoms with Crippen molar-refractivity contribution in [2.45, 2.75) is 12.8 Å². The molecule has 0 aliphatic rings. The van der Waals surface area contributed by atoms with Gasteiger partial charge in [0.05, 0.1) is 17.0 Å². The van der Waals surface area contributed by atoms with Crippen molar-refractivity contribution in [1.29, 1.82) is 0 Å². The summed E-state index contributed by atoms with van der Waals surface area (Å²) in [6.07, 6.45) is 3.36. The van der Waals surface area contributed by atoms with Crippen molar-refractivity contribution in [3.8, 4) is 11.1 Å². The van der Waals surface area contributed by atoms with Crippen LogP contribution < -0.4 is 5.73 Å². The summed E-state index contributed by atoms with van der Waals surface area (Å²) in [6, 6.07) is 13.8. The van der Waals surface area contributed by atoms with E-state index in [0.29, 0.717) is 0 Å². The van der Waals surface area contributed by atoms with Gasteiger partial charge >= 0.3 is 0 Å². The van der Waals surface area contributed by atoms with Crippen LogP contribution in [0.5, 0.6) is 0 Å². The third-order valence-electron chi connectivity index (χ3n) is 3.62. The van der Waals surface area contributed by atoms with E-state index in [1.807, 2.05) is 49.4 Å². The Labute approximate surface area is 122 Å². The van der Waals surface area contributed by atoms with E-state index in [2.05, 4.69) is 9.97 Å². The maximum Gasteiger partial charge on any atom is 0.224 e. The fourth-order valence-corrected chi connectivity index (χ4v) is 2.29. The number of hydrogen-bond acceptors (Lipinski definition) is 3. The highest BCUT2D eigenvalue weighted by atomic mass is 16.1. The Bertz CT molecular complexity index is 814. The molecule has 2 aromatic carbocycles. The number of carbonyl (C=O) groups is 1. The SMILES string of the molecule is CC(C(N)=O)c1cccc(-c2ccc3nccnc3c2)c1. The van der Waals surface area contributed by atoms with Gasteiger partial charge in [0, 0.05) is 12.4 Å². The van der Waals surface area contributed by atoms with Crippen molar-refractivity contribution >= 4 is 16.9 Å². The minimum Gasteiger partial charge on any atom is -0.369 e. The number of rotatable bonds is 3. The minimum atomic E-state index is -0.323.